The van der Waals surface area contributed by atoms with Crippen LogP contribution in [0, 0.1) is 5.41 Å². The van der Waals surface area contributed by atoms with Crippen molar-refractivity contribution in [3.8, 4) is 0 Å². The molecule has 0 aromatic rings. The summed E-state index contributed by atoms with van der Waals surface area (Å²) in [5.74, 6) is 2.62. The Hall–Kier alpha value is 0.270. The minimum atomic E-state index is 0.274. The molecule has 1 heterocycles. The van der Waals surface area contributed by atoms with Crippen molar-refractivity contribution in [2.45, 2.75) is 51.5 Å². The predicted molar refractivity (Wildman–Crippen MR) is 77.5 cm³/mol. The Bertz CT molecular complexity index is 247. The van der Waals surface area contributed by atoms with Gasteiger partial charge in [0.25, 0.3) is 0 Å². The molecule has 0 amide bonds. The zero-order valence-electron chi connectivity index (χ0n) is 11.5. The van der Waals surface area contributed by atoms with Crippen LogP contribution < -0.4 is 5.73 Å². The highest BCUT2D eigenvalue weighted by Gasteiger charge is 2.49. The van der Waals surface area contributed by atoms with E-state index in [2.05, 4.69) is 30.5 Å². The average molecular weight is 256 g/mol. The lowest BCUT2D eigenvalue weighted by atomic mass is 9.62. The van der Waals surface area contributed by atoms with Crippen molar-refractivity contribution in [3.63, 3.8) is 0 Å². The summed E-state index contributed by atoms with van der Waals surface area (Å²) in [5, 5.41) is 0. The molecule has 2 aliphatic rings. The lowest BCUT2D eigenvalue weighted by Gasteiger charge is -2.56. The minimum Gasteiger partial charge on any atom is -0.329 e. The van der Waals surface area contributed by atoms with Crippen molar-refractivity contribution >= 4 is 11.8 Å². The van der Waals surface area contributed by atoms with Gasteiger partial charge in [-0.1, -0.05) is 26.7 Å². The molecule has 1 aliphatic heterocycles. The molecule has 1 saturated carbocycles. The highest BCUT2D eigenvalue weighted by Crippen LogP contribution is 2.47. The molecule has 17 heavy (non-hydrogen) atoms. The lowest BCUT2D eigenvalue weighted by Crippen LogP contribution is -2.64. The Labute approximate surface area is 111 Å². The van der Waals surface area contributed by atoms with E-state index in [-0.39, 0.29) is 5.54 Å². The second kappa shape index (κ2) is 5.50. The van der Waals surface area contributed by atoms with Crippen molar-refractivity contribution < 1.29 is 0 Å². The van der Waals surface area contributed by atoms with Crippen LogP contribution >= 0.6 is 11.8 Å². The van der Waals surface area contributed by atoms with Crippen LogP contribution in [0.15, 0.2) is 0 Å². The summed E-state index contributed by atoms with van der Waals surface area (Å²) in [6.07, 6.45) is 6.74. The van der Waals surface area contributed by atoms with Gasteiger partial charge in [0, 0.05) is 24.4 Å². The number of thioether (sulfide) groups is 1. The Morgan fingerprint density at radius 2 is 1.82 bits per heavy atom. The molecule has 1 aliphatic carbocycles. The number of nitrogens with zero attached hydrogens (tertiary/aromatic N) is 1. The van der Waals surface area contributed by atoms with E-state index in [1.54, 1.807) is 0 Å². The lowest BCUT2D eigenvalue weighted by molar-refractivity contribution is -0.0398. The van der Waals surface area contributed by atoms with E-state index in [0.29, 0.717) is 5.41 Å². The Kier molecular flexibility index (Phi) is 4.43. The molecule has 2 fully saturated rings. The summed E-state index contributed by atoms with van der Waals surface area (Å²) in [7, 11) is 0. The Morgan fingerprint density at radius 3 is 2.53 bits per heavy atom. The van der Waals surface area contributed by atoms with Crippen molar-refractivity contribution in [1.82, 2.24) is 4.90 Å². The van der Waals surface area contributed by atoms with Gasteiger partial charge < -0.3 is 5.73 Å². The third-order valence-electron chi connectivity index (χ3n) is 5.07. The van der Waals surface area contributed by atoms with Gasteiger partial charge in [0.15, 0.2) is 0 Å². The van der Waals surface area contributed by atoms with Gasteiger partial charge in [-0.15, -0.1) is 0 Å². The predicted octanol–water partition coefficient (Wildman–Crippen LogP) is 2.72. The molecule has 1 atom stereocenters. The van der Waals surface area contributed by atoms with Crippen molar-refractivity contribution in [2.24, 2.45) is 11.1 Å². The smallest absolute Gasteiger partial charge is 0.0382 e. The molecule has 0 spiro atoms. The molecular formula is C14H28N2S. The van der Waals surface area contributed by atoms with E-state index in [9.17, 15) is 0 Å². The van der Waals surface area contributed by atoms with Crippen molar-refractivity contribution in [1.29, 1.82) is 0 Å². The highest BCUT2D eigenvalue weighted by molar-refractivity contribution is 7.99. The monoisotopic (exact) mass is 256 g/mol. The van der Waals surface area contributed by atoms with Gasteiger partial charge in [-0.2, -0.15) is 11.8 Å². The van der Waals surface area contributed by atoms with E-state index < -0.39 is 0 Å². The van der Waals surface area contributed by atoms with E-state index in [1.807, 2.05) is 0 Å². The van der Waals surface area contributed by atoms with Crippen LogP contribution in [0.1, 0.15) is 46.0 Å². The van der Waals surface area contributed by atoms with Gasteiger partial charge in [-0.25, -0.2) is 0 Å². The fraction of sp³-hybridized carbons (Fsp3) is 1.00. The SMILES string of the molecule is CC1(C)CCCCC1(CN)N1CCCSCC1. The van der Waals surface area contributed by atoms with E-state index in [0.717, 1.165) is 6.54 Å². The Balaban J connectivity index is 2.21. The maximum atomic E-state index is 6.25. The van der Waals surface area contributed by atoms with Crippen molar-refractivity contribution in [2.75, 3.05) is 31.1 Å². The summed E-state index contributed by atoms with van der Waals surface area (Å²) in [5.41, 5.74) is 6.91. The van der Waals surface area contributed by atoms with Gasteiger partial charge in [0.1, 0.15) is 0 Å². The van der Waals surface area contributed by atoms with E-state index in [1.165, 1.54) is 56.7 Å². The summed E-state index contributed by atoms with van der Waals surface area (Å²) < 4.78 is 0. The van der Waals surface area contributed by atoms with Gasteiger partial charge in [0.2, 0.25) is 0 Å². The molecule has 3 heteroatoms. The first-order valence-electron chi connectivity index (χ1n) is 7.15. The first kappa shape index (κ1) is 13.7. The van der Waals surface area contributed by atoms with Crippen LogP contribution in [-0.2, 0) is 0 Å². The fourth-order valence-corrected chi connectivity index (χ4v) is 4.71. The van der Waals surface area contributed by atoms with Crippen LogP contribution in [0.4, 0.5) is 0 Å². The van der Waals surface area contributed by atoms with Crippen LogP contribution in [0.25, 0.3) is 0 Å². The highest BCUT2D eigenvalue weighted by atomic mass is 32.2. The van der Waals surface area contributed by atoms with Gasteiger partial charge >= 0.3 is 0 Å². The molecule has 1 unspecified atom stereocenters. The zero-order valence-corrected chi connectivity index (χ0v) is 12.3. The number of hydrogen-bond acceptors (Lipinski definition) is 3. The molecule has 0 radical (unpaired) electrons. The third-order valence-corrected chi connectivity index (χ3v) is 6.12. The number of rotatable bonds is 2. The number of hydrogen-bond donors (Lipinski definition) is 1. The first-order chi connectivity index (χ1) is 8.12. The van der Waals surface area contributed by atoms with Gasteiger partial charge in [-0.3, -0.25) is 4.90 Å². The molecule has 100 valence electrons. The second-order valence-electron chi connectivity index (χ2n) is 6.28. The molecule has 1 saturated heterocycles. The minimum absolute atomic E-state index is 0.274. The molecule has 0 bridgehead atoms. The largest absolute Gasteiger partial charge is 0.329 e. The maximum Gasteiger partial charge on any atom is 0.0382 e. The quantitative estimate of drug-likeness (QED) is 0.824. The molecule has 2 rings (SSSR count). The average Bonchev–Trinajstić information content (AvgIpc) is 2.58. The molecular weight excluding hydrogens is 228 g/mol. The van der Waals surface area contributed by atoms with Crippen LogP contribution in [0.2, 0.25) is 0 Å². The van der Waals surface area contributed by atoms with E-state index in [4.69, 9.17) is 5.73 Å². The molecule has 2 N–H and O–H groups in total. The summed E-state index contributed by atoms with van der Waals surface area (Å²) in [6.45, 7) is 8.22. The zero-order chi connectivity index (χ0) is 12.4. The summed E-state index contributed by atoms with van der Waals surface area (Å²) >= 11 is 2.11. The van der Waals surface area contributed by atoms with Gasteiger partial charge in [0.05, 0.1) is 0 Å². The second-order valence-corrected chi connectivity index (χ2v) is 7.50. The number of nitrogens with two attached hydrogens (primary N) is 1. The molecule has 0 aromatic carbocycles. The molecule has 0 aromatic heterocycles. The summed E-state index contributed by atoms with van der Waals surface area (Å²) in [4.78, 5) is 2.74. The topological polar surface area (TPSA) is 29.3 Å². The molecule has 2 nitrogen and oxygen atoms in total. The van der Waals surface area contributed by atoms with Crippen LogP contribution in [0.5, 0.6) is 0 Å². The maximum absolute atomic E-state index is 6.25. The van der Waals surface area contributed by atoms with Gasteiger partial charge in [-0.05, 0) is 37.0 Å². The Morgan fingerprint density at radius 1 is 1.06 bits per heavy atom. The first-order valence-corrected chi connectivity index (χ1v) is 8.31. The fourth-order valence-electron chi connectivity index (χ4n) is 3.82. The van der Waals surface area contributed by atoms with Crippen LogP contribution in [0.3, 0.4) is 0 Å². The summed E-state index contributed by atoms with van der Waals surface area (Å²) in [6, 6.07) is 0. The van der Waals surface area contributed by atoms with E-state index >= 15 is 0 Å². The standard InChI is InChI=1S/C14H28N2S/c1-13(2)6-3-4-7-14(13,12-15)16-8-5-10-17-11-9-16/h3-12,15H2,1-2H3. The van der Waals surface area contributed by atoms with Crippen molar-refractivity contribution in [3.05, 3.63) is 0 Å². The third kappa shape index (κ3) is 2.52. The normalized spacial score (nSPS) is 35.5. The van der Waals surface area contributed by atoms with Crippen LogP contribution in [-0.4, -0.2) is 41.6 Å².